The Morgan fingerprint density at radius 1 is 1.27 bits per heavy atom. The summed E-state index contributed by atoms with van der Waals surface area (Å²) in [6.45, 7) is 2.08. The van der Waals surface area contributed by atoms with Crippen LogP contribution in [0.4, 0.5) is 5.69 Å². The minimum atomic E-state index is -0.0192. The number of hydrogen-bond acceptors (Lipinski definition) is 5. The number of anilines is 1. The van der Waals surface area contributed by atoms with Gasteiger partial charge in [-0.2, -0.15) is 0 Å². The number of para-hydroxylation sites is 1. The average molecular weight is 329 g/mol. The summed E-state index contributed by atoms with van der Waals surface area (Å²) in [6.07, 6.45) is 2.44. The van der Waals surface area contributed by atoms with E-state index in [2.05, 4.69) is 22.2 Å². The summed E-state index contributed by atoms with van der Waals surface area (Å²) in [5, 5.41) is 5.82. The number of amides is 1. The van der Waals surface area contributed by atoms with Crippen LogP contribution in [0, 0.1) is 0 Å². The molecule has 0 aliphatic heterocycles. The van der Waals surface area contributed by atoms with Crippen molar-refractivity contribution in [1.29, 1.82) is 0 Å². The van der Waals surface area contributed by atoms with E-state index in [4.69, 9.17) is 0 Å². The lowest BCUT2D eigenvalue weighted by Crippen LogP contribution is -2.15. The molecule has 0 atom stereocenters. The molecule has 2 aromatic heterocycles. The Bertz CT molecular complexity index is 801. The highest BCUT2D eigenvalue weighted by Crippen LogP contribution is 2.28. The van der Waals surface area contributed by atoms with Crippen LogP contribution in [0.25, 0.3) is 10.2 Å². The number of nitrogens with one attached hydrogen (secondary N) is 1. The topological polar surface area (TPSA) is 54.9 Å². The lowest BCUT2D eigenvalue weighted by molar-refractivity contribution is -0.113. The van der Waals surface area contributed by atoms with Crippen molar-refractivity contribution in [3.8, 4) is 0 Å². The van der Waals surface area contributed by atoms with Gasteiger partial charge in [-0.05, 0) is 29.5 Å². The summed E-state index contributed by atoms with van der Waals surface area (Å²) in [7, 11) is 0. The second-order valence-corrected chi connectivity index (χ2v) is 6.54. The number of thioether (sulfide) groups is 1. The SMILES string of the molecule is CCc1ccccc1NC(=O)CSc1ncnc2ccsc12. The number of carbonyl (C=O) groups is 1. The minimum absolute atomic E-state index is 0.0192. The maximum atomic E-state index is 12.2. The molecule has 0 bridgehead atoms. The van der Waals surface area contributed by atoms with E-state index in [9.17, 15) is 4.79 Å². The normalized spacial score (nSPS) is 10.8. The molecule has 0 aliphatic rings. The van der Waals surface area contributed by atoms with E-state index in [1.165, 1.54) is 11.8 Å². The molecule has 2 heterocycles. The van der Waals surface area contributed by atoms with Crippen LogP contribution < -0.4 is 5.32 Å². The number of rotatable bonds is 5. The molecule has 1 aromatic carbocycles. The summed E-state index contributed by atoms with van der Waals surface area (Å²) in [5.41, 5.74) is 2.96. The van der Waals surface area contributed by atoms with Gasteiger partial charge in [0, 0.05) is 5.69 Å². The third-order valence-corrected chi connectivity index (χ3v) is 5.25. The summed E-state index contributed by atoms with van der Waals surface area (Å²) < 4.78 is 1.04. The van der Waals surface area contributed by atoms with E-state index in [-0.39, 0.29) is 5.91 Å². The Hall–Kier alpha value is -1.92. The summed E-state index contributed by atoms with van der Waals surface area (Å²) in [5.74, 6) is 0.316. The van der Waals surface area contributed by atoms with Crippen molar-refractivity contribution in [3.05, 3.63) is 47.6 Å². The van der Waals surface area contributed by atoms with E-state index in [0.29, 0.717) is 5.75 Å². The smallest absolute Gasteiger partial charge is 0.234 e. The van der Waals surface area contributed by atoms with Crippen molar-refractivity contribution >= 4 is 44.9 Å². The number of carbonyl (C=O) groups excluding carboxylic acids is 1. The van der Waals surface area contributed by atoms with Crippen LogP contribution in [0.1, 0.15) is 12.5 Å². The number of aromatic nitrogens is 2. The zero-order valence-electron chi connectivity index (χ0n) is 12.1. The van der Waals surface area contributed by atoms with Crippen LogP contribution in [0.15, 0.2) is 47.1 Å². The van der Waals surface area contributed by atoms with E-state index < -0.39 is 0 Å². The first-order chi connectivity index (χ1) is 10.8. The minimum Gasteiger partial charge on any atom is -0.325 e. The van der Waals surface area contributed by atoms with Gasteiger partial charge in [0.25, 0.3) is 0 Å². The van der Waals surface area contributed by atoms with E-state index in [1.807, 2.05) is 35.7 Å². The van der Waals surface area contributed by atoms with E-state index >= 15 is 0 Å². The Morgan fingerprint density at radius 3 is 3.00 bits per heavy atom. The predicted molar refractivity (Wildman–Crippen MR) is 92.6 cm³/mol. The van der Waals surface area contributed by atoms with E-state index in [1.54, 1.807) is 17.7 Å². The van der Waals surface area contributed by atoms with E-state index in [0.717, 1.165) is 32.9 Å². The monoisotopic (exact) mass is 329 g/mol. The first-order valence-electron chi connectivity index (χ1n) is 6.96. The molecule has 0 saturated heterocycles. The van der Waals surface area contributed by atoms with Crippen molar-refractivity contribution < 1.29 is 4.79 Å². The highest BCUT2D eigenvalue weighted by molar-refractivity contribution is 8.00. The Labute approximate surface area is 137 Å². The Kier molecular flexibility index (Phi) is 4.70. The van der Waals surface area contributed by atoms with Gasteiger partial charge in [-0.15, -0.1) is 11.3 Å². The van der Waals surface area contributed by atoms with Gasteiger partial charge in [0.1, 0.15) is 11.4 Å². The third-order valence-electron chi connectivity index (χ3n) is 3.22. The van der Waals surface area contributed by atoms with Crippen molar-refractivity contribution in [1.82, 2.24) is 9.97 Å². The molecule has 6 heteroatoms. The van der Waals surface area contributed by atoms with Gasteiger partial charge in [-0.1, -0.05) is 36.9 Å². The molecule has 0 saturated carbocycles. The van der Waals surface area contributed by atoms with Gasteiger partial charge in [0.2, 0.25) is 5.91 Å². The standard InChI is InChI=1S/C16H15N3OS2/c1-2-11-5-3-4-6-12(11)19-14(20)9-22-16-15-13(7-8-21-15)17-10-18-16/h3-8,10H,2,9H2,1H3,(H,19,20). The summed E-state index contributed by atoms with van der Waals surface area (Å²) in [4.78, 5) is 20.6. The zero-order valence-corrected chi connectivity index (χ0v) is 13.7. The van der Waals surface area contributed by atoms with Gasteiger partial charge in [0.15, 0.2) is 0 Å². The van der Waals surface area contributed by atoms with Crippen LogP contribution in [0.3, 0.4) is 0 Å². The first kappa shape index (κ1) is 15.0. The molecule has 0 unspecified atom stereocenters. The lowest BCUT2D eigenvalue weighted by Gasteiger charge is -2.09. The fourth-order valence-electron chi connectivity index (χ4n) is 2.14. The summed E-state index contributed by atoms with van der Waals surface area (Å²) >= 11 is 3.04. The maximum Gasteiger partial charge on any atom is 0.234 e. The summed E-state index contributed by atoms with van der Waals surface area (Å²) in [6, 6.07) is 9.84. The second-order valence-electron chi connectivity index (χ2n) is 4.66. The number of nitrogens with zero attached hydrogens (tertiary/aromatic N) is 2. The lowest BCUT2D eigenvalue weighted by atomic mass is 10.1. The Morgan fingerprint density at radius 2 is 2.14 bits per heavy atom. The highest BCUT2D eigenvalue weighted by Gasteiger charge is 2.10. The molecular weight excluding hydrogens is 314 g/mol. The van der Waals surface area contributed by atoms with Gasteiger partial charge in [-0.3, -0.25) is 4.79 Å². The van der Waals surface area contributed by atoms with Gasteiger partial charge < -0.3 is 5.32 Å². The molecule has 22 heavy (non-hydrogen) atoms. The van der Waals surface area contributed by atoms with Crippen LogP contribution in [-0.2, 0) is 11.2 Å². The highest BCUT2D eigenvalue weighted by atomic mass is 32.2. The van der Waals surface area contributed by atoms with Crippen LogP contribution in [0.5, 0.6) is 0 Å². The number of benzene rings is 1. The second kappa shape index (κ2) is 6.89. The molecule has 3 aromatic rings. The van der Waals surface area contributed by atoms with Crippen LogP contribution in [0.2, 0.25) is 0 Å². The van der Waals surface area contributed by atoms with Gasteiger partial charge in [-0.25, -0.2) is 9.97 Å². The van der Waals surface area contributed by atoms with Crippen molar-refractivity contribution in [2.75, 3.05) is 11.1 Å². The first-order valence-corrected chi connectivity index (χ1v) is 8.83. The van der Waals surface area contributed by atoms with Gasteiger partial charge >= 0.3 is 0 Å². The average Bonchev–Trinajstić information content (AvgIpc) is 3.02. The van der Waals surface area contributed by atoms with Crippen LogP contribution in [-0.4, -0.2) is 21.6 Å². The Balaban J connectivity index is 1.66. The molecule has 3 rings (SSSR count). The van der Waals surface area contributed by atoms with Crippen molar-refractivity contribution in [2.45, 2.75) is 18.4 Å². The van der Waals surface area contributed by atoms with Crippen molar-refractivity contribution in [2.24, 2.45) is 0 Å². The molecule has 0 radical (unpaired) electrons. The fourth-order valence-corrected chi connectivity index (χ4v) is 3.89. The largest absolute Gasteiger partial charge is 0.325 e. The maximum absolute atomic E-state index is 12.2. The molecule has 0 spiro atoms. The van der Waals surface area contributed by atoms with Gasteiger partial charge in [0.05, 0.1) is 16.0 Å². The molecular formula is C16H15N3OS2. The number of hydrogen-bond donors (Lipinski definition) is 1. The fraction of sp³-hybridized carbons (Fsp3) is 0.188. The van der Waals surface area contributed by atoms with Crippen molar-refractivity contribution in [3.63, 3.8) is 0 Å². The molecule has 0 aliphatic carbocycles. The quantitative estimate of drug-likeness (QED) is 0.568. The predicted octanol–water partition coefficient (Wildman–Crippen LogP) is 3.98. The molecule has 1 amide bonds. The number of aryl methyl sites for hydroxylation is 1. The molecule has 112 valence electrons. The number of fused-ring (bicyclic) bond motifs is 1. The molecule has 4 nitrogen and oxygen atoms in total. The zero-order chi connectivity index (χ0) is 15.4. The molecule has 0 fully saturated rings. The third kappa shape index (κ3) is 3.28. The number of thiophene rings is 1. The van der Waals surface area contributed by atoms with Crippen LogP contribution >= 0.6 is 23.1 Å². The molecule has 1 N–H and O–H groups in total.